The molecule has 15 heavy (non-hydrogen) atoms. The molecule has 1 fully saturated rings. The van der Waals surface area contributed by atoms with E-state index in [4.69, 9.17) is 15.6 Å². The Morgan fingerprint density at radius 3 is 2.93 bits per heavy atom. The highest BCUT2D eigenvalue weighted by Gasteiger charge is 2.17. The lowest BCUT2D eigenvalue weighted by Gasteiger charge is -2.27. The maximum atomic E-state index is 8.99. The summed E-state index contributed by atoms with van der Waals surface area (Å²) in [5.74, 6) is 0. The summed E-state index contributed by atoms with van der Waals surface area (Å²) in [6.45, 7) is 1.67. The van der Waals surface area contributed by atoms with Crippen LogP contribution in [0.15, 0.2) is 18.2 Å². The number of nitrogens with two attached hydrogens (primary N) is 1. The van der Waals surface area contributed by atoms with Crippen molar-refractivity contribution in [1.29, 1.82) is 0 Å². The Balaban J connectivity index is 1.98. The van der Waals surface area contributed by atoms with Crippen molar-refractivity contribution in [2.45, 2.75) is 19.1 Å². The lowest BCUT2D eigenvalue weighted by atomic mass is 10.1. The topological polar surface area (TPSA) is 67.5 Å². The molecule has 0 amide bonds. The van der Waals surface area contributed by atoms with Crippen molar-refractivity contribution < 1.29 is 9.84 Å². The first-order valence-corrected chi connectivity index (χ1v) is 5.14. The maximum absolute atomic E-state index is 8.99. The molecule has 0 saturated carbocycles. The average Bonchev–Trinajstić information content (AvgIpc) is 2.18. The van der Waals surface area contributed by atoms with Gasteiger partial charge < -0.3 is 20.9 Å². The normalized spacial score (nSPS) is 19.7. The number of benzene rings is 1. The number of rotatable bonds is 4. The van der Waals surface area contributed by atoms with Crippen molar-refractivity contribution in [3.05, 3.63) is 23.8 Å². The molecule has 1 aliphatic rings. The van der Waals surface area contributed by atoms with Gasteiger partial charge in [0, 0.05) is 13.2 Å². The highest BCUT2D eigenvalue weighted by Crippen LogP contribution is 2.21. The van der Waals surface area contributed by atoms with Crippen LogP contribution < -0.4 is 11.1 Å². The standard InChI is InChI=1S/C11H16N2O2/c12-10-2-1-8(7-14)5-11(10)13-6-9-3-4-15-9/h1-2,5,9,13-14H,3-4,6-7,12H2/t9-/m0/s1. The number of nitrogen functional groups attached to an aromatic ring is 1. The second-order valence-electron chi connectivity index (χ2n) is 3.74. The molecule has 0 radical (unpaired) electrons. The summed E-state index contributed by atoms with van der Waals surface area (Å²) in [7, 11) is 0. The van der Waals surface area contributed by atoms with E-state index in [2.05, 4.69) is 5.32 Å². The molecule has 4 heteroatoms. The first-order valence-electron chi connectivity index (χ1n) is 5.14. The molecular weight excluding hydrogens is 192 g/mol. The fourth-order valence-electron chi connectivity index (χ4n) is 1.52. The van der Waals surface area contributed by atoms with Crippen LogP contribution in [-0.4, -0.2) is 24.4 Å². The molecule has 1 atom stereocenters. The predicted octanol–water partition coefficient (Wildman–Crippen LogP) is 0.962. The van der Waals surface area contributed by atoms with Crippen molar-refractivity contribution in [3.63, 3.8) is 0 Å². The van der Waals surface area contributed by atoms with Gasteiger partial charge in [0.1, 0.15) is 0 Å². The van der Waals surface area contributed by atoms with Crippen LogP contribution in [0.2, 0.25) is 0 Å². The molecule has 1 heterocycles. The number of aliphatic hydroxyl groups excluding tert-OH is 1. The van der Waals surface area contributed by atoms with E-state index in [9.17, 15) is 0 Å². The van der Waals surface area contributed by atoms with Gasteiger partial charge >= 0.3 is 0 Å². The Morgan fingerprint density at radius 2 is 2.33 bits per heavy atom. The molecule has 4 nitrogen and oxygen atoms in total. The molecule has 1 aromatic carbocycles. The van der Waals surface area contributed by atoms with Gasteiger partial charge in [-0.3, -0.25) is 0 Å². The molecule has 1 aliphatic heterocycles. The highest BCUT2D eigenvalue weighted by molar-refractivity contribution is 5.67. The number of nitrogens with one attached hydrogen (secondary N) is 1. The van der Waals surface area contributed by atoms with Crippen molar-refractivity contribution in [1.82, 2.24) is 0 Å². The summed E-state index contributed by atoms with van der Waals surface area (Å²) < 4.78 is 5.30. The molecule has 0 spiro atoms. The number of aliphatic hydroxyl groups is 1. The van der Waals surface area contributed by atoms with Gasteiger partial charge in [-0.15, -0.1) is 0 Å². The third-order valence-electron chi connectivity index (χ3n) is 2.61. The molecule has 0 bridgehead atoms. The molecular formula is C11H16N2O2. The van der Waals surface area contributed by atoms with E-state index in [1.165, 1.54) is 0 Å². The van der Waals surface area contributed by atoms with Crippen LogP contribution in [0.25, 0.3) is 0 Å². The SMILES string of the molecule is Nc1ccc(CO)cc1NC[C@@H]1CCO1. The first kappa shape index (κ1) is 10.3. The second-order valence-corrected chi connectivity index (χ2v) is 3.74. The Bertz CT molecular complexity index is 337. The van der Waals surface area contributed by atoms with Gasteiger partial charge in [0.15, 0.2) is 0 Å². The Hall–Kier alpha value is -1.26. The van der Waals surface area contributed by atoms with Gasteiger partial charge in [0.05, 0.1) is 24.1 Å². The zero-order valence-electron chi connectivity index (χ0n) is 8.57. The van der Waals surface area contributed by atoms with Gasteiger partial charge in [-0.2, -0.15) is 0 Å². The Labute approximate surface area is 89.0 Å². The van der Waals surface area contributed by atoms with Crippen LogP contribution in [0.3, 0.4) is 0 Å². The van der Waals surface area contributed by atoms with Gasteiger partial charge in [-0.1, -0.05) is 6.07 Å². The third-order valence-corrected chi connectivity index (χ3v) is 2.61. The van der Waals surface area contributed by atoms with Gasteiger partial charge in [-0.05, 0) is 24.1 Å². The zero-order chi connectivity index (χ0) is 10.7. The van der Waals surface area contributed by atoms with Crippen LogP contribution >= 0.6 is 0 Å². The van der Waals surface area contributed by atoms with Crippen molar-refractivity contribution in [2.75, 3.05) is 24.2 Å². The van der Waals surface area contributed by atoms with Crippen LogP contribution in [0.4, 0.5) is 11.4 Å². The molecule has 1 aromatic rings. The van der Waals surface area contributed by atoms with E-state index in [-0.39, 0.29) is 6.61 Å². The minimum absolute atomic E-state index is 0.0366. The smallest absolute Gasteiger partial charge is 0.0769 e. The van der Waals surface area contributed by atoms with Gasteiger partial charge in [0.25, 0.3) is 0 Å². The molecule has 82 valence electrons. The molecule has 0 aromatic heterocycles. The van der Waals surface area contributed by atoms with E-state index >= 15 is 0 Å². The van der Waals surface area contributed by atoms with Crippen LogP contribution in [0, 0.1) is 0 Å². The monoisotopic (exact) mass is 208 g/mol. The third kappa shape index (κ3) is 2.40. The van der Waals surface area contributed by atoms with Crippen molar-refractivity contribution in [2.24, 2.45) is 0 Å². The lowest BCUT2D eigenvalue weighted by Crippen LogP contribution is -2.33. The summed E-state index contributed by atoms with van der Waals surface area (Å²) in [5, 5.41) is 12.2. The fraction of sp³-hybridized carbons (Fsp3) is 0.455. The molecule has 2 rings (SSSR count). The van der Waals surface area contributed by atoms with Crippen molar-refractivity contribution >= 4 is 11.4 Å². The fourth-order valence-corrected chi connectivity index (χ4v) is 1.52. The second kappa shape index (κ2) is 4.51. The van der Waals surface area contributed by atoms with Crippen LogP contribution in [0.1, 0.15) is 12.0 Å². The summed E-state index contributed by atoms with van der Waals surface area (Å²) in [4.78, 5) is 0. The molecule has 0 aliphatic carbocycles. The van der Waals surface area contributed by atoms with Gasteiger partial charge in [0.2, 0.25) is 0 Å². The quantitative estimate of drug-likeness (QED) is 0.645. The summed E-state index contributed by atoms with van der Waals surface area (Å²) in [6, 6.07) is 5.49. The van der Waals surface area contributed by atoms with E-state index < -0.39 is 0 Å². The Kier molecular flexibility index (Phi) is 3.08. The zero-order valence-corrected chi connectivity index (χ0v) is 8.57. The molecule has 0 unspecified atom stereocenters. The van der Waals surface area contributed by atoms with E-state index in [0.717, 1.165) is 30.8 Å². The largest absolute Gasteiger partial charge is 0.397 e. The highest BCUT2D eigenvalue weighted by atomic mass is 16.5. The number of hydrogen-bond acceptors (Lipinski definition) is 4. The van der Waals surface area contributed by atoms with Crippen molar-refractivity contribution in [3.8, 4) is 0 Å². The maximum Gasteiger partial charge on any atom is 0.0769 e. The number of hydrogen-bond donors (Lipinski definition) is 3. The van der Waals surface area contributed by atoms with Crippen LogP contribution in [0.5, 0.6) is 0 Å². The minimum Gasteiger partial charge on any atom is -0.397 e. The summed E-state index contributed by atoms with van der Waals surface area (Å²) >= 11 is 0. The van der Waals surface area contributed by atoms with E-state index in [0.29, 0.717) is 11.8 Å². The van der Waals surface area contributed by atoms with E-state index in [1.807, 2.05) is 12.1 Å². The summed E-state index contributed by atoms with van der Waals surface area (Å²) in [5.41, 5.74) is 8.24. The van der Waals surface area contributed by atoms with Gasteiger partial charge in [-0.25, -0.2) is 0 Å². The Morgan fingerprint density at radius 1 is 1.53 bits per heavy atom. The van der Waals surface area contributed by atoms with Crippen LogP contribution in [-0.2, 0) is 11.3 Å². The molecule has 4 N–H and O–H groups in total. The minimum atomic E-state index is 0.0366. The van der Waals surface area contributed by atoms with E-state index in [1.54, 1.807) is 6.07 Å². The number of anilines is 2. The lowest BCUT2D eigenvalue weighted by molar-refractivity contribution is -0.0410. The average molecular weight is 208 g/mol. The molecule has 1 saturated heterocycles. The first-order chi connectivity index (χ1) is 7.29. The predicted molar refractivity (Wildman–Crippen MR) is 59.6 cm³/mol. The summed E-state index contributed by atoms with van der Waals surface area (Å²) in [6.07, 6.45) is 1.41. The number of ether oxygens (including phenoxy) is 1.